The van der Waals surface area contributed by atoms with E-state index < -0.39 is 5.91 Å². The Hall–Kier alpha value is -1.75. The van der Waals surface area contributed by atoms with Gasteiger partial charge in [0.15, 0.2) is 0 Å². The van der Waals surface area contributed by atoms with Gasteiger partial charge < -0.3 is 5.73 Å². The van der Waals surface area contributed by atoms with E-state index in [1.807, 2.05) is 0 Å². The van der Waals surface area contributed by atoms with Crippen LogP contribution in [0.1, 0.15) is 36.1 Å². The van der Waals surface area contributed by atoms with Crippen molar-refractivity contribution < 1.29 is 4.79 Å². The zero-order valence-electron chi connectivity index (χ0n) is 10.1. The molecule has 2 N–H and O–H groups in total. The number of aryl methyl sites for hydroxylation is 3. The van der Waals surface area contributed by atoms with Gasteiger partial charge in [-0.15, -0.1) is 0 Å². The Morgan fingerprint density at radius 1 is 1.25 bits per heavy atom. The standard InChI is InChI=1S/C14H17NO/c1-4-11-8-10(3)9-12(5-2)13(11)6-7-14(15)16/h8-9H,4-5H2,1-3H3,(H2,15,16). The highest BCUT2D eigenvalue weighted by Gasteiger charge is 2.05. The molecule has 1 amide bonds. The first-order chi connectivity index (χ1) is 7.58. The molecular weight excluding hydrogens is 198 g/mol. The summed E-state index contributed by atoms with van der Waals surface area (Å²) >= 11 is 0. The van der Waals surface area contributed by atoms with Gasteiger partial charge >= 0.3 is 0 Å². The summed E-state index contributed by atoms with van der Waals surface area (Å²) in [5.74, 6) is 4.73. The zero-order chi connectivity index (χ0) is 12.1. The lowest BCUT2D eigenvalue weighted by Crippen LogP contribution is -2.06. The molecule has 0 heterocycles. The summed E-state index contributed by atoms with van der Waals surface area (Å²) in [6.45, 7) is 6.25. The molecule has 0 aliphatic rings. The first-order valence-electron chi connectivity index (χ1n) is 5.52. The lowest BCUT2D eigenvalue weighted by Gasteiger charge is -2.09. The summed E-state index contributed by atoms with van der Waals surface area (Å²) in [7, 11) is 0. The number of rotatable bonds is 2. The predicted octanol–water partition coefficient (Wildman–Crippen LogP) is 1.96. The number of amides is 1. The van der Waals surface area contributed by atoms with Crippen molar-refractivity contribution in [2.45, 2.75) is 33.6 Å². The Bertz CT molecular complexity index is 438. The maximum atomic E-state index is 10.7. The molecule has 0 aliphatic heterocycles. The summed E-state index contributed by atoms with van der Waals surface area (Å²) in [4.78, 5) is 10.7. The van der Waals surface area contributed by atoms with Crippen molar-refractivity contribution in [3.63, 3.8) is 0 Å². The number of nitrogens with two attached hydrogens (primary N) is 1. The average Bonchev–Trinajstić information content (AvgIpc) is 2.25. The molecule has 1 aromatic rings. The smallest absolute Gasteiger partial charge is 0.293 e. The molecule has 1 aromatic carbocycles. The summed E-state index contributed by atoms with van der Waals surface area (Å²) in [6.07, 6.45) is 1.83. The monoisotopic (exact) mass is 215 g/mol. The maximum Gasteiger partial charge on any atom is 0.293 e. The molecule has 16 heavy (non-hydrogen) atoms. The molecule has 0 saturated heterocycles. The van der Waals surface area contributed by atoms with Crippen molar-refractivity contribution in [1.82, 2.24) is 0 Å². The van der Waals surface area contributed by atoms with E-state index in [0.29, 0.717) is 0 Å². The van der Waals surface area contributed by atoms with Gasteiger partial charge in [0.25, 0.3) is 5.91 Å². The molecule has 0 radical (unpaired) electrons. The van der Waals surface area contributed by atoms with Gasteiger partial charge in [-0.25, -0.2) is 0 Å². The van der Waals surface area contributed by atoms with Crippen molar-refractivity contribution >= 4 is 5.91 Å². The third kappa shape index (κ3) is 2.87. The molecule has 0 unspecified atom stereocenters. The number of benzene rings is 1. The van der Waals surface area contributed by atoms with Crippen LogP contribution in [-0.2, 0) is 17.6 Å². The predicted molar refractivity (Wildman–Crippen MR) is 66.0 cm³/mol. The number of hydrogen-bond acceptors (Lipinski definition) is 1. The Morgan fingerprint density at radius 3 is 2.12 bits per heavy atom. The lowest BCUT2D eigenvalue weighted by atomic mass is 9.95. The molecule has 84 valence electrons. The first-order valence-corrected chi connectivity index (χ1v) is 5.52. The first kappa shape index (κ1) is 12.3. The largest absolute Gasteiger partial charge is 0.359 e. The molecule has 0 fully saturated rings. The summed E-state index contributed by atoms with van der Waals surface area (Å²) in [5, 5.41) is 0. The number of carbonyl (C=O) groups excluding carboxylic acids is 1. The topological polar surface area (TPSA) is 43.1 Å². The molecule has 2 heteroatoms. The summed E-state index contributed by atoms with van der Waals surface area (Å²) in [6, 6.07) is 4.23. The summed E-state index contributed by atoms with van der Waals surface area (Å²) < 4.78 is 0. The third-order valence-electron chi connectivity index (χ3n) is 2.52. The van der Waals surface area contributed by atoms with Crippen LogP contribution in [0.4, 0.5) is 0 Å². The fraction of sp³-hybridized carbons (Fsp3) is 0.357. The van der Waals surface area contributed by atoms with Gasteiger partial charge in [0.05, 0.1) is 0 Å². The normalized spacial score (nSPS) is 9.44. The Kier molecular flexibility index (Phi) is 4.13. The van der Waals surface area contributed by atoms with Crippen molar-refractivity contribution in [1.29, 1.82) is 0 Å². The molecule has 0 spiro atoms. The quantitative estimate of drug-likeness (QED) is 0.753. The third-order valence-corrected chi connectivity index (χ3v) is 2.52. The minimum atomic E-state index is -0.579. The molecule has 0 saturated carbocycles. The van der Waals surface area contributed by atoms with Crippen molar-refractivity contribution in [3.05, 3.63) is 34.4 Å². The van der Waals surface area contributed by atoms with Crippen LogP contribution >= 0.6 is 0 Å². The summed E-state index contributed by atoms with van der Waals surface area (Å²) in [5.41, 5.74) is 9.61. The minimum absolute atomic E-state index is 0.579. The lowest BCUT2D eigenvalue weighted by molar-refractivity contribution is -0.112. The molecule has 2 nitrogen and oxygen atoms in total. The van der Waals surface area contributed by atoms with E-state index in [9.17, 15) is 4.79 Å². The Labute approximate surface area is 96.9 Å². The molecular formula is C14H17NO. The number of carbonyl (C=O) groups is 1. The highest BCUT2D eigenvalue weighted by atomic mass is 16.1. The Balaban J connectivity index is 3.34. The van der Waals surface area contributed by atoms with E-state index in [4.69, 9.17) is 5.73 Å². The van der Waals surface area contributed by atoms with Gasteiger partial charge in [-0.05, 0) is 36.8 Å². The SMILES string of the molecule is CCc1cc(C)cc(CC)c1C#CC(N)=O. The van der Waals surface area contributed by atoms with Gasteiger partial charge in [0.1, 0.15) is 0 Å². The van der Waals surface area contributed by atoms with E-state index in [2.05, 4.69) is 44.7 Å². The van der Waals surface area contributed by atoms with E-state index in [1.54, 1.807) is 0 Å². The van der Waals surface area contributed by atoms with Crippen molar-refractivity contribution in [3.8, 4) is 11.8 Å². The van der Waals surface area contributed by atoms with Crippen LogP contribution in [0.15, 0.2) is 12.1 Å². The van der Waals surface area contributed by atoms with Crippen LogP contribution in [0.25, 0.3) is 0 Å². The van der Waals surface area contributed by atoms with Crippen LogP contribution < -0.4 is 5.73 Å². The molecule has 1 rings (SSSR count). The van der Waals surface area contributed by atoms with Crippen LogP contribution in [0, 0.1) is 18.8 Å². The maximum absolute atomic E-state index is 10.7. The average molecular weight is 215 g/mol. The fourth-order valence-corrected chi connectivity index (χ4v) is 1.78. The second-order valence-corrected chi connectivity index (χ2v) is 3.78. The van der Waals surface area contributed by atoms with E-state index in [-0.39, 0.29) is 0 Å². The van der Waals surface area contributed by atoms with Crippen molar-refractivity contribution in [2.75, 3.05) is 0 Å². The van der Waals surface area contributed by atoms with Gasteiger partial charge in [0, 0.05) is 5.56 Å². The number of primary amides is 1. The fourth-order valence-electron chi connectivity index (χ4n) is 1.78. The van der Waals surface area contributed by atoms with Crippen LogP contribution in [0.5, 0.6) is 0 Å². The Morgan fingerprint density at radius 2 is 1.75 bits per heavy atom. The van der Waals surface area contributed by atoms with E-state index in [1.165, 1.54) is 16.7 Å². The molecule has 0 aliphatic carbocycles. The second kappa shape index (κ2) is 5.37. The van der Waals surface area contributed by atoms with Crippen LogP contribution in [0.3, 0.4) is 0 Å². The van der Waals surface area contributed by atoms with Crippen LogP contribution in [0.2, 0.25) is 0 Å². The second-order valence-electron chi connectivity index (χ2n) is 3.78. The van der Waals surface area contributed by atoms with Gasteiger partial charge in [0.2, 0.25) is 0 Å². The van der Waals surface area contributed by atoms with Gasteiger partial charge in [-0.1, -0.05) is 37.5 Å². The minimum Gasteiger partial charge on any atom is -0.359 e. The zero-order valence-corrected chi connectivity index (χ0v) is 10.1. The molecule has 0 aromatic heterocycles. The van der Waals surface area contributed by atoms with Crippen LogP contribution in [-0.4, -0.2) is 5.91 Å². The molecule has 0 atom stereocenters. The van der Waals surface area contributed by atoms with E-state index >= 15 is 0 Å². The highest BCUT2D eigenvalue weighted by Crippen LogP contribution is 2.18. The van der Waals surface area contributed by atoms with Crippen molar-refractivity contribution in [2.24, 2.45) is 5.73 Å². The van der Waals surface area contributed by atoms with Gasteiger partial charge in [-0.3, -0.25) is 4.79 Å². The van der Waals surface area contributed by atoms with E-state index in [0.717, 1.165) is 18.4 Å². The molecule has 0 bridgehead atoms. The highest BCUT2D eigenvalue weighted by molar-refractivity contribution is 5.92. The number of hydrogen-bond donors (Lipinski definition) is 1. The van der Waals surface area contributed by atoms with Gasteiger partial charge in [-0.2, -0.15) is 0 Å².